The number of nitrogens with one attached hydrogen (secondary N) is 1. The standard InChI is InChI=1S/C15H20BrNOS/c16-14-9-5-4-6-12(14)10-17-15(18)11-19-13-7-2-1-3-8-13/h1-3,7-8,12,14H,4-6,9-11H2,(H,17,18). The van der Waals surface area contributed by atoms with Crippen LogP contribution in [0.5, 0.6) is 0 Å². The molecule has 1 N–H and O–H groups in total. The molecule has 1 aliphatic rings. The van der Waals surface area contributed by atoms with E-state index >= 15 is 0 Å². The molecule has 19 heavy (non-hydrogen) atoms. The van der Waals surface area contributed by atoms with Crippen molar-refractivity contribution in [3.63, 3.8) is 0 Å². The Labute approximate surface area is 127 Å². The van der Waals surface area contributed by atoms with E-state index in [0.29, 0.717) is 16.5 Å². The Kier molecular flexibility index (Phi) is 6.24. The highest BCUT2D eigenvalue weighted by molar-refractivity contribution is 9.09. The molecule has 0 saturated heterocycles. The number of benzene rings is 1. The van der Waals surface area contributed by atoms with Gasteiger partial charge in [-0.1, -0.05) is 47.0 Å². The molecule has 1 aliphatic carbocycles. The smallest absolute Gasteiger partial charge is 0.230 e. The first-order valence-corrected chi connectivity index (χ1v) is 8.74. The predicted octanol–water partition coefficient (Wildman–Crippen LogP) is 3.85. The molecule has 0 aromatic heterocycles. The van der Waals surface area contributed by atoms with Crippen LogP contribution >= 0.6 is 27.7 Å². The molecule has 0 spiro atoms. The zero-order valence-corrected chi connectivity index (χ0v) is 13.4. The third kappa shape index (κ3) is 5.19. The predicted molar refractivity (Wildman–Crippen MR) is 84.8 cm³/mol. The van der Waals surface area contributed by atoms with Gasteiger partial charge in [0.05, 0.1) is 5.75 Å². The molecule has 2 unspecified atom stereocenters. The van der Waals surface area contributed by atoms with E-state index in [4.69, 9.17) is 0 Å². The van der Waals surface area contributed by atoms with Crippen LogP contribution in [0.25, 0.3) is 0 Å². The highest BCUT2D eigenvalue weighted by Crippen LogP contribution is 2.29. The summed E-state index contributed by atoms with van der Waals surface area (Å²) in [4.78, 5) is 13.5. The number of carbonyl (C=O) groups is 1. The van der Waals surface area contributed by atoms with Gasteiger partial charge in [-0.15, -0.1) is 11.8 Å². The Hall–Kier alpha value is -0.480. The number of hydrogen-bond acceptors (Lipinski definition) is 2. The Morgan fingerprint density at radius 2 is 2.00 bits per heavy atom. The van der Waals surface area contributed by atoms with Crippen molar-refractivity contribution < 1.29 is 4.79 Å². The van der Waals surface area contributed by atoms with Gasteiger partial charge in [0, 0.05) is 16.3 Å². The second-order valence-electron chi connectivity index (χ2n) is 4.97. The number of carbonyl (C=O) groups excluding carboxylic acids is 1. The number of rotatable bonds is 5. The normalized spacial score (nSPS) is 23.0. The van der Waals surface area contributed by atoms with Crippen LogP contribution in [0.15, 0.2) is 35.2 Å². The Balaban J connectivity index is 1.67. The van der Waals surface area contributed by atoms with Crippen LogP contribution in [-0.2, 0) is 4.79 Å². The average molecular weight is 342 g/mol. The Bertz CT molecular complexity index is 398. The minimum atomic E-state index is 0.138. The van der Waals surface area contributed by atoms with E-state index in [0.717, 1.165) is 11.4 Å². The monoisotopic (exact) mass is 341 g/mol. The number of hydrogen-bond donors (Lipinski definition) is 1. The molecule has 1 aromatic carbocycles. The van der Waals surface area contributed by atoms with Crippen molar-refractivity contribution in [1.29, 1.82) is 0 Å². The van der Waals surface area contributed by atoms with Crippen LogP contribution < -0.4 is 5.32 Å². The molecule has 0 radical (unpaired) electrons. The van der Waals surface area contributed by atoms with Gasteiger partial charge in [0.1, 0.15) is 0 Å². The second kappa shape index (κ2) is 7.95. The van der Waals surface area contributed by atoms with Crippen molar-refractivity contribution in [2.24, 2.45) is 5.92 Å². The topological polar surface area (TPSA) is 29.1 Å². The van der Waals surface area contributed by atoms with Gasteiger partial charge < -0.3 is 5.32 Å². The first kappa shape index (κ1) is 14.9. The van der Waals surface area contributed by atoms with Crippen LogP contribution in [0.3, 0.4) is 0 Å². The summed E-state index contributed by atoms with van der Waals surface area (Å²) in [6, 6.07) is 10.1. The van der Waals surface area contributed by atoms with Crippen molar-refractivity contribution in [3.8, 4) is 0 Å². The SMILES string of the molecule is O=C(CSc1ccccc1)NCC1CCCCC1Br. The van der Waals surface area contributed by atoms with Gasteiger partial charge in [-0.3, -0.25) is 4.79 Å². The van der Waals surface area contributed by atoms with Crippen molar-refractivity contribution in [2.45, 2.75) is 35.4 Å². The lowest BCUT2D eigenvalue weighted by Gasteiger charge is -2.27. The molecule has 1 amide bonds. The molecular formula is C15H20BrNOS. The molecular weight excluding hydrogens is 322 g/mol. The van der Waals surface area contributed by atoms with Gasteiger partial charge in [-0.25, -0.2) is 0 Å². The lowest BCUT2D eigenvalue weighted by Crippen LogP contribution is -2.35. The van der Waals surface area contributed by atoms with E-state index in [1.807, 2.05) is 30.3 Å². The average Bonchev–Trinajstić information content (AvgIpc) is 2.45. The summed E-state index contributed by atoms with van der Waals surface area (Å²) in [5.74, 6) is 1.24. The van der Waals surface area contributed by atoms with E-state index in [9.17, 15) is 4.79 Å². The lowest BCUT2D eigenvalue weighted by atomic mass is 9.89. The van der Waals surface area contributed by atoms with Gasteiger partial charge in [0.15, 0.2) is 0 Å². The summed E-state index contributed by atoms with van der Waals surface area (Å²) in [7, 11) is 0. The molecule has 1 saturated carbocycles. The van der Waals surface area contributed by atoms with E-state index < -0.39 is 0 Å². The van der Waals surface area contributed by atoms with Crippen LogP contribution in [0, 0.1) is 5.92 Å². The zero-order valence-electron chi connectivity index (χ0n) is 11.0. The fourth-order valence-corrected chi connectivity index (χ4v) is 3.88. The summed E-state index contributed by atoms with van der Waals surface area (Å²) < 4.78 is 0. The van der Waals surface area contributed by atoms with Crippen LogP contribution in [0.2, 0.25) is 0 Å². The molecule has 0 bridgehead atoms. The van der Waals surface area contributed by atoms with Crippen molar-refractivity contribution in [1.82, 2.24) is 5.32 Å². The first-order chi connectivity index (χ1) is 9.25. The van der Waals surface area contributed by atoms with Gasteiger partial charge in [0.25, 0.3) is 0 Å². The molecule has 104 valence electrons. The highest BCUT2D eigenvalue weighted by Gasteiger charge is 2.22. The molecule has 1 aromatic rings. The lowest BCUT2D eigenvalue weighted by molar-refractivity contribution is -0.118. The van der Waals surface area contributed by atoms with Crippen molar-refractivity contribution >= 4 is 33.6 Å². The maximum Gasteiger partial charge on any atom is 0.230 e. The van der Waals surface area contributed by atoms with Gasteiger partial charge >= 0.3 is 0 Å². The van der Waals surface area contributed by atoms with Gasteiger partial charge in [-0.05, 0) is 30.9 Å². The zero-order chi connectivity index (χ0) is 13.5. The number of thioether (sulfide) groups is 1. The van der Waals surface area contributed by atoms with Gasteiger partial charge in [0.2, 0.25) is 5.91 Å². The molecule has 0 heterocycles. The summed E-state index contributed by atoms with van der Waals surface area (Å²) in [5, 5.41) is 3.06. The minimum absolute atomic E-state index is 0.138. The second-order valence-corrected chi connectivity index (χ2v) is 7.19. The van der Waals surface area contributed by atoms with Crippen LogP contribution in [-0.4, -0.2) is 23.0 Å². The molecule has 2 nitrogen and oxygen atoms in total. The van der Waals surface area contributed by atoms with Gasteiger partial charge in [-0.2, -0.15) is 0 Å². The first-order valence-electron chi connectivity index (χ1n) is 6.84. The number of alkyl halides is 1. The Morgan fingerprint density at radius 1 is 1.26 bits per heavy atom. The molecule has 4 heteroatoms. The molecule has 0 aliphatic heterocycles. The maximum atomic E-state index is 11.8. The quantitative estimate of drug-likeness (QED) is 0.651. The fourth-order valence-electron chi connectivity index (χ4n) is 2.35. The summed E-state index contributed by atoms with van der Waals surface area (Å²) in [6.07, 6.45) is 5.06. The molecule has 2 rings (SSSR count). The van der Waals surface area contributed by atoms with E-state index in [-0.39, 0.29) is 5.91 Å². The fraction of sp³-hybridized carbons (Fsp3) is 0.533. The maximum absolute atomic E-state index is 11.8. The highest BCUT2D eigenvalue weighted by atomic mass is 79.9. The van der Waals surface area contributed by atoms with E-state index in [1.165, 1.54) is 25.7 Å². The third-order valence-corrected chi connectivity index (χ3v) is 5.71. The minimum Gasteiger partial charge on any atom is -0.355 e. The van der Waals surface area contributed by atoms with Crippen molar-refractivity contribution in [2.75, 3.05) is 12.3 Å². The molecule has 1 fully saturated rings. The largest absolute Gasteiger partial charge is 0.355 e. The van der Waals surface area contributed by atoms with Crippen molar-refractivity contribution in [3.05, 3.63) is 30.3 Å². The summed E-state index contributed by atoms with van der Waals surface area (Å²) >= 11 is 5.32. The summed E-state index contributed by atoms with van der Waals surface area (Å²) in [6.45, 7) is 0.810. The van der Waals surface area contributed by atoms with E-state index in [2.05, 4.69) is 21.2 Å². The summed E-state index contributed by atoms with van der Waals surface area (Å²) in [5.41, 5.74) is 0. The number of amides is 1. The van der Waals surface area contributed by atoms with Crippen LogP contribution in [0.4, 0.5) is 0 Å². The number of halogens is 1. The van der Waals surface area contributed by atoms with Crippen LogP contribution in [0.1, 0.15) is 25.7 Å². The van der Waals surface area contributed by atoms with E-state index in [1.54, 1.807) is 11.8 Å². The molecule has 2 atom stereocenters. The third-order valence-electron chi connectivity index (χ3n) is 3.49. The Morgan fingerprint density at radius 3 is 2.74 bits per heavy atom.